The average molecular weight is 530 g/mol. The summed E-state index contributed by atoms with van der Waals surface area (Å²) in [5.74, 6) is 10.9. The van der Waals surface area contributed by atoms with Crippen molar-refractivity contribution >= 4 is 8.17 Å². The first-order chi connectivity index (χ1) is 16.4. The van der Waals surface area contributed by atoms with Crippen molar-refractivity contribution in [3.63, 3.8) is 0 Å². The summed E-state index contributed by atoms with van der Waals surface area (Å²) in [5.41, 5.74) is 2.59. The van der Waals surface area contributed by atoms with E-state index in [0.29, 0.717) is 26.1 Å². The molecule has 4 heterocycles. The van der Waals surface area contributed by atoms with Crippen molar-refractivity contribution in [2.24, 2.45) is 17.6 Å². The van der Waals surface area contributed by atoms with E-state index < -0.39 is 63.5 Å². The SMILES string of the molecule is CC1OC(C2CCN(N)CC2O)C(O)C1O[P+](O)(O)OCC1CC(O)C(N2CCN(N)NC2O)O1. The van der Waals surface area contributed by atoms with E-state index in [1.54, 1.807) is 6.92 Å². The summed E-state index contributed by atoms with van der Waals surface area (Å²) in [5, 5.41) is 44.4. The van der Waals surface area contributed by atoms with Gasteiger partial charge in [-0.25, -0.2) is 15.3 Å². The molecule has 0 amide bonds. The second-order valence-corrected chi connectivity index (χ2v) is 11.0. The molecule has 0 saturated carbocycles. The number of hydrazine groups is 3. The molecule has 0 aromatic rings. The van der Waals surface area contributed by atoms with Crippen LogP contribution in [0.25, 0.3) is 0 Å². The van der Waals surface area contributed by atoms with Crippen LogP contribution in [0.2, 0.25) is 0 Å². The minimum absolute atomic E-state index is 0.131. The number of hydrogen-bond donors (Lipinski definition) is 9. The molecule has 4 aliphatic heterocycles. The molecule has 4 rings (SSSR count). The highest BCUT2D eigenvalue weighted by atomic mass is 31.2. The summed E-state index contributed by atoms with van der Waals surface area (Å²) in [6.45, 7) is 2.80. The lowest BCUT2D eigenvalue weighted by molar-refractivity contribution is -0.201. The Morgan fingerprint density at radius 1 is 1.06 bits per heavy atom. The van der Waals surface area contributed by atoms with Crippen molar-refractivity contribution in [1.82, 2.24) is 20.5 Å². The minimum Gasteiger partial charge on any atom is -0.391 e. The van der Waals surface area contributed by atoms with Gasteiger partial charge >= 0.3 is 8.17 Å². The van der Waals surface area contributed by atoms with Crippen LogP contribution in [0.1, 0.15) is 19.8 Å². The summed E-state index contributed by atoms with van der Waals surface area (Å²) in [6.07, 6.45) is -7.60. The summed E-state index contributed by atoms with van der Waals surface area (Å²) < 4.78 is 22.2. The molecule has 0 aliphatic carbocycles. The van der Waals surface area contributed by atoms with Crippen LogP contribution in [0.3, 0.4) is 0 Å². The smallest absolute Gasteiger partial charge is 0.391 e. The maximum Gasteiger partial charge on any atom is 0.570 e. The molecule has 0 aromatic heterocycles. The van der Waals surface area contributed by atoms with Gasteiger partial charge in [-0.15, -0.1) is 4.52 Å². The van der Waals surface area contributed by atoms with E-state index >= 15 is 0 Å². The Morgan fingerprint density at radius 2 is 1.80 bits per heavy atom. The number of ether oxygens (including phenoxy) is 2. The number of piperidine rings is 1. The maximum absolute atomic E-state index is 10.8. The fourth-order valence-electron chi connectivity index (χ4n) is 5.13. The summed E-state index contributed by atoms with van der Waals surface area (Å²) >= 11 is 0. The number of nitrogens with two attached hydrogens (primary N) is 2. The predicted octanol–water partition coefficient (Wildman–Crippen LogP) is -4.50. The Hall–Kier alpha value is -0.210. The quantitative estimate of drug-likeness (QED) is 0.112. The molecule has 4 saturated heterocycles. The van der Waals surface area contributed by atoms with Gasteiger partial charge in [0.2, 0.25) is 0 Å². The predicted molar refractivity (Wildman–Crippen MR) is 118 cm³/mol. The fourth-order valence-corrected chi connectivity index (χ4v) is 6.17. The van der Waals surface area contributed by atoms with Crippen molar-refractivity contribution in [2.45, 2.75) is 75.1 Å². The number of nitrogens with zero attached hydrogens (tertiary/aromatic N) is 3. The molecule has 0 bridgehead atoms. The Morgan fingerprint density at radius 3 is 2.49 bits per heavy atom. The molecule has 0 aromatic carbocycles. The highest BCUT2D eigenvalue weighted by Crippen LogP contribution is 2.56. The fraction of sp³-hybridized carbons (Fsp3) is 1.00. The second kappa shape index (κ2) is 11.3. The number of nitrogens with one attached hydrogen (secondary N) is 1. The van der Waals surface area contributed by atoms with E-state index in [1.807, 2.05) is 0 Å². The minimum atomic E-state index is -4.39. The maximum atomic E-state index is 10.8. The number of β-amino-alcohol motifs (C(OH)–C–C–N with tert-alkyl or cyclic N) is 1. The van der Waals surface area contributed by atoms with Gasteiger partial charge in [0.15, 0.2) is 12.5 Å². The van der Waals surface area contributed by atoms with Crippen LogP contribution in [0.5, 0.6) is 0 Å². The van der Waals surface area contributed by atoms with Crippen molar-refractivity contribution < 1.29 is 48.7 Å². The third-order valence-corrected chi connectivity index (χ3v) is 7.97. The summed E-state index contributed by atoms with van der Waals surface area (Å²) in [7, 11) is -4.39. The van der Waals surface area contributed by atoms with Gasteiger partial charge in [0, 0.05) is 38.5 Å². The summed E-state index contributed by atoms with van der Waals surface area (Å²) in [6, 6.07) is 0. The zero-order valence-corrected chi connectivity index (χ0v) is 20.4. The van der Waals surface area contributed by atoms with Crippen LogP contribution < -0.4 is 17.1 Å². The molecule has 0 radical (unpaired) electrons. The van der Waals surface area contributed by atoms with E-state index in [4.69, 9.17) is 30.2 Å². The molecule has 4 aliphatic rings. The van der Waals surface area contributed by atoms with Gasteiger partial charge in [-0.2, -0.15) is 19.4 Å². The van der Waals surface area contributed by atoms with Gasteiger partial charge in [-0.3, -0.25) is 11.7 Å². The van der Waals surface area contributed by atoms with Crippen LogP contribution in [0.4, 0.5) is 0 Å². The molecule has 4 fully saturated rings. The Kier molecular flexibility index (Phi) is 8.95. The standard InChI is InChI=1S/C18H38N6O10P/c1-9-15(14(27)16(32-9)11-2-3-22(19)7-13(11)26)34-35(29,30)31-8-10-6-12(25)17(33-10)23-4-5-24(20)21-18(23)28/h9-18,21,25-30H,2-8,19-20H2,1H3/q+1. The first kappa shape index (κ1) is 27.8. The van der Waals surface area contributed by atoms with Crippen LogP contribution in [-0.4, -0.2) is 133 Å². The molecule has 16 nitrogen and oxygen atoms in total. The summed E-state index contributed by atoms with van der Waals surface area (Å²) in [4.78, 5) is 22.3. The first-order valence-corrected chi connectivity index (χ1v) is 13.2. The highest BCUT2D eigenvalue weighted by Gasteiger charge is 2.56. The number of aliphatic hydroxyl groups is 4. The third kappa shape index (κ3) is 6.45. The van der Waals surface area contributed by atoms with Gasteiger partial charge < -0.3 is 29.9 Å². The Bertz CT molecular complexity index is 717. The Labute approximate surface area is 203 Å². The number of rotatable bonds is 7. The monoisotopic (exact) mass is 529 g/mol. The zero-order valence-electron chi connectivity index (χ0n) is 19.5. The van der Waals surface area contributed by atoms with E-state index in [9.17, 15) is 30.2 Å². The van der Waals surface area contributed by atoms with Gasteiger partial charge in [0.1, 0.15) is 18.9 Å². The largest absolute Gasteiger partial charge is 0.570 e. The van der Waals surface area contributed by atoms with Crippen molar-refractivity contribution in [3.8, 4) is 0 Å². The molecule has 204 valence electrons. The molecule has 35 heavy (non-hydrogen) atoms. The van der Waals surface area contributed by atoms with E-state index in [1.165, 1.54) is 15.0 Å². The highest BCUT2D eigenvalue weighted by molar-refractivity contribution is 7.54. The van der Waals surface area contributed by atoms with Gasteiger partial charge in [0.05, 0.1) is 30.5 Å². The van der Waals surface area contributed by atoms with Crippen molar-refractivity contribution in [2.75, 3.05) is 32.8 Å². The van der Waals surface area contributed by atoms with Crippen LogP contribution in [-0.2, 0) is 18.5 Å². The van der Waals surface area contributed by atoms with E-state index in [2.05, 4.69) is 5.43 Å². The normalized spacial score (nSPS) is 44.8. The first-order valence-electron chi connectivity index (χ1n) is 11.7. The van der Waals surface area contributed by atoms with Crippen LogP contribution in [0.15, 0.2) is 0 Å². The number of aliphatic hydroxyl groups excluding tert-OH is 4. The van der Waals surface area contributed by atoms with Gasteiger partial charge in [0.25, 0.3) is 0 Å². The molecular weight excluding hydrogens is 491 g/mol. The van der Waals surface area contributed by atoms with Crippen LogP contribution in [0, 0.1) is 5.92 Å². The van der Waals surface area contributed by atoms with Gasteiger partial charge in [-0.1, -0.05) is 0 Å². The number of hydrogen-bond acceptors (Lipinski definition) is 16. The van der Waals surface area contributed by atoms with Crippen LogP contribution >= 0.6 is 8.17 Å². The zero-order chi connectivity index (χ0) is 25.5. The second-order valence-electron chi connectivity index (χ2n) is 9.55. The van der Waals surface area contributed by atoms with Gasteiger partial charge in [-0.05, 0) is 13.3 Å². The molecule has 17 heteroatoms. The average Bonchev–Trinajstić information content (AvgIpc) is 3.27. The topological polar surface area (TPSA) is 232 Å². The lowest BCUT2D eigenvalue weighted by Crippen LogP contribution is -2.66. The molecule has 10 unspecified atom stereocenters. The molecular formula is C18H38N6O10P+. The molecule has 10 atom stereocenters. The van der Waals surface area contributed by atoms with Crippen molar-refractivity contribution in [1.29, 1.82) is 0 Å². The van der Waals surface area contributed by atoms with E-state index in [-0.39, 0.29) is 25.5 Å². The lowest BCUT2D eigenvalue weighted by Gasteiger charge is -2.40. The van der Waals surface area contributed by atoms with Crippen molar-refractivity contribution in [3.05, 3.63) is 0 Å². The molecule has 11 N–H and O–H groups in total. The lowest BCUT2D eigenvalue weighted by atomic mass is 9.86. The third-order valence-electron chi connectivity index (χ3n) is 6.97. The van der Waals surface area contributed by atoms with E-state index in [0.717, 1.165) is 0 Å². The Balaban J connectivity index is 1.28. The molecule has 0 spiro atoms.